The molecule has 3 atom stereocenters. The summed E-state index contributed by atoms with van der Waals surface area (Å²) >= 11 is 0. The van der Waals surface area contributed by atoms with Gasteiger partial charge in [0.2, 0.25) is 10.0 Å². The van der Waals surface area contributed by atoms with Crippen LogP contribution >= 0.6 is 0 Å². The average molecular weight is 332 g/mol. The Morgan fingerprint density at radius 3 is 2.30 bits per heavy atom. The molecule has 23 heavy (non-hydrogen) atoms. The van der Waals surface area contributed by atoms with Crippen molar-refractivity contribution in [3.8, 4) is 0 Å². The molecule has 1 aromatic rings. The summed E-state index contributed by atoms with van der Waals surface area (Å²) in [7, 11) is -3.33. The third-order valence-electron chi connectivity index (χ3n) is 5.62. The summed E-state index contributed by atoms with van der Waals surface area (Å²) in [6.45, 7) is 4.04. The minimum atomic E-state index is -3.33. The Morgan fingerprint density at radius 2 is 1.70 bits per heavy atom. The van der Waals surface area contributed by atoms with Crippen LogP contribution in [0.2, 0.25) is 0 Å². The fourth-order valence-corrected chi connectivity index (χ4v) is 5.77. The van der Waals surface area contributed by atoms with E-state index in [-0.39, 0.29) is 0 Å². The van der Waals surface area contributed by atoms with Crippen LogP contribution in [-0.4, -0.2) is 50.3 Å². The lowest BCUT2D eigenvalue weighted by molar-refractivity contribution is 0.156. The van der Waals surface area contributed by atoms with Crippen LogP contribution in [0.4, 0.5) is 0 Å². The lowest BCUT2D eigenvalue weighted by Gasteiger charge is -2.36. The first kappa shape index (κ1) is 15.4. The minimum absolute atomic E-state index is 0.409. The molecule has 0 amide bonds. The molecular weight excluding hydrogens is 308 g/mol. The highest BCUT2D eigenvalue weighted by molar-refractivity contribution is 7.89. The first-order valence-corrected chi connectivity index (χ1v) is 10.0. The smallest absolute Gasteiger partial charge is 0.243 e. The summed E-state index contributed by atoms with van der Waals surface area (Å²) in [6, 6.07) is 8.78. The van der Waals surface area contributed by atoms with Crippen molar-refractivity contribution in [3.05, 3.63) is 42.5 Å². The van der Waals surface area contributed by atoms with Gasteiger partial charge in [0.05, 0.1) is 4.90 Å². The number of hydrogen-bond donors (Lipinski definition) is 0. The van der Waals surface area contributed by atoms with Crippen LogP contribution in [0.1, 0.15) is 12.8 Å². The zero-order valence-corrected chi connectivity index (χ0v) is 14.2. The van der Waals surface area contributed by atoms with E-state index in [9.17, 15) is 8.42 Å². The Kier molecular flexibility index (Phi) is 4.03. The number of fused-ring (bicyclic) bond motifs is 2. The van der Waals surface area contributed by atoms with E-state index in [1.165, 1.54) is 12.8 Å². The van der Waals surface area contributed by atoms with Crippen LogP contribution in [0.3, 0.4) is 0 Å². The number of nitrogens with zero attached hydrogens (tertiary/aromatic N) is 2. The molecular formula is C18H24N2O2S. The number of sulfonamides is 1. The highest BCUT2D eigenvalue weighted by Gasteiger charge is 2.37. The lowest BCUT2D eigenvalue weighted by Crippen LogP contribution is -2.49. The second kappa shape index (κ2) is 6.04. The fraction of sp³-hybridized carbons (Fsp3) is 0.556. The molecule has 0 radical (unpaired) electrons. The second-order valence-electron chi connectivity index (χ2n) is 7.06. The van der Waals surface area contributed by atoms with Gasteiger partial charge in [-0.25, -0.2) is 8.42 Å². The summed E-state index contributed by atoms with van der Waals surface area (Å²) in [5.74, 6) is 2.36. The number of rotatable bonds is 4. The molecule has 124 valence electrons. The van der Waals surface area contributed by atoms with Gasteiger partial charge < -0.3 is 4.90 Å². The molecule has 0 N–H and O–H groups in total. The molecule has 4 rings (SSSR count). The van der Waals surface area contributed by atoms with Crippen molar-refractivity contribution < 1.29 is 8.42 Å². The second-order valence-corrected chi connectivity index (χ2v) is 9.00. The summed E-state index contributed by atoms with van der Waals surface area (Å²) in [5.41, 5.74) is 0. The van der Waals surface area contributed by atoms with Crippen LogP contribution in [0.25, 0.3) is 0 Å². The predicted molar refractivity (Wildman–Crippen MR) is 90.5 cm³/mol. The number of hydrogen-bond acceptors (Lipinski definition) is 3. The van der Waals surface area contributed by atoms with Crippen molar-refractivity contribution in [2.45, 2.75) is 17.7 Å². The van der Waals surface area contributed by atoms with Crippen molar-refractivity contribution in [1.82, 2.24) is 9.21 Å². The van der Waals surface area contributed by atoms with Crippen molar-refractivity contribution in [2.75, 3.05) is 32.7 Å². The summed E-state index contributed by atoms with van der Waals surface area (Å²) in [6.07, 6.45) is 7.44. The van der Waals surface area contributed by atoms with Crippen molar-refractivity contribution in [3.63, 3.8) is 0 Å². The van der Waals surface area contributed by atoms with Gasteiger partial charge in [0.1, 0.15) is 0 Å². The molecule has 2 fully saturated rings. The van der Waals surface area contributed by atoms with Crippen LogP contribution in [-0.2, 0) is 10.0 Å². The largest absolute Gasteiger partial charge is 0.300 e. The summed E-state index contributed by atoms with van der Waals surface area (Å²) < 4.78 is 26.9. The molecule has 1 saturated heterocycles. The molecule has 0 aromatic heterocycles. The van der Waals surface area contributed by atoms with E-state index in [1.54, 1.807) is 28.6 Å². The quantitative estimate of drug-likeness (QED) is 0.794. The van der Waals surface area contributed by atoms with E-state index in [4.69, 9.17) is 0 Å². The predicted octanol–water partition coefficient (Wildman–Crippen LogP) is 2.21. The molecule has 4 nitrogen and oxygen atoms in total. The van der Waals surface area contributed by atoms with E-state index in [2.05, 4.69) is 17.1 Å². The normalized spacial score (nSPS) is 31.7. The Bertz CT molecular complexity index is 678. The van der Waals surface area contributed by atoms with Gasteiger partial charge in [-0.2, -0.15) is 4.31 Å². The van der Waals surface area contributed by atoms with Gasteiger partial charge in [-0.1, -0.05) is 30.4 Å². The van der Waals surface area contributed by atoms with Crippen LogP contribution in [0.5, 0.6) is 0 Å². The Labute approximate surface area is 138 Å². The third-order valence-corrected chi connectivity index (χ3v) is 7.53. The molecule has 2 bridgehead atoms. The topological polar surface area (TPSA) is 40.6 Å². The summed E-state index contributed by atoms with van der Waals surface area (Å²) in [5, 5.41) is 0. The van der Waals surface area contributed by atoms with Crippen LogP contribution in [0.15, 0.2) is 47.4 Å². The SMILES string of the molecule is O=S(=O)(c1ccccc1)N1CCN(C[C@@H]2C[C@@H]3C=C[C@H]2C3)CC1. The molecule has 2 aliphatic carbocycles. The third kappa shape index (κ3) is 2.97. The highest BCUT2D eigenvalue weighted by atomic mass is 32.2. The Balaban J connectivity index is 1.35. The molecule has 1 aliphatic heterocycles. The Hall–Kier alpha value is -1.17. The van der Waals surface area contributed by atoms with Crippen molar-refractivity contribution in [2.24, 2.45) is 17.8 Å². The zero-order chi connectivity index (χ0) is 15.9. The number of allylic oxidation sites excluding steroid dienone is 2. The van der Waals surface area contributed by atoms with Crippen LogP contribution in [0, 0.1) is 17.8 Å². The van der Waals surface area contributed by atoms with Gasteiger partial charge in [-0.05, 0) is 42.7 Å². The standard InChI is InChI=1S/C18H24N2O2S/c21-23(22,18-4-2-1-3-5-18)20-10-8-19(9-11-20)14-17-13-15-6-7-16(17)12-15/h1-7,15-17H,8-14H2/t15-,16+,17+/m1/s1. The minimum Gasteiger partial charge on any atom is -0.300 e. The molecule has 1 heterocycles. The molecule has 1 saturated carbocycles. The fourth-order valence-electron chi connectivity index (χ4n) is 4.33. The van der Waals surface area contributed by atoms with Gasteiger partial charge in [0, 0.05) is 32.7 Å². The average Bonchev–Trinajstić information content (AvgIpc) is 3.19. The summed E-state index contributed by atoms with van der Waals surface area (Å²) in [4.78, 5) is 2.86. The first-order valence-electron chi connectivity index (χ1n) is 8.59. The number of piperazine rings is 1. The number of benzene rings is 1. The van der Waals surface area contributed by atoms with E-state index >= 15 is 0 Å². The lowest BCUT2D eigenvalue weighted by atomic mass is 9.93. The molecule has 1 aromatic carbocycles. The van der Waals surface area contributed by atoms with E-state index in [0.29, 0.717) is 18.0 Å². The van der Waals surface area contributed by atoms with Crippen molar-refractivity contribution >= 4 is 10.0 Å². The maximum atomic E-state index is 12.6. The monoisotopic (exact) mass is 332 g/mol. The first-order chi connectivity index (χ1) is 11.1. The van der Waals surface area contributed by atoms with E-state index < -0.39 is 10.0 Å². The van der Waals surface area contributed by atoms with Gasteiger partial charge in [-0.3, -0.25) is 0 Å². The van der Waals surface area contributed by atoms with E-state index in [0.717, 1.165) is 37.4 Å². The molecule has 5 heteroatoms. The maximum absolute atomic E-state index is 12.6. The Morgan fingerprint density at radius 1 is 0.957 bits per heavy atom. The maximum Gasteiger partial charge on any atom is 0.243 e. The molecule has 3 aliphatic rings. The zero-order valence-electron chi connectivity index (χ0n) is 13.3. The van der Waals surface area contributed by atoms with E-state index in [1.807, 2.05) is 6.07 Å². The van der Waals surface area contributed by atoms with Gasteiger partial charge in [0.15, 0.2) is 0 Å². The molecule has 0 unspecified atom stereocenters. The van der Waals surface area contributed by atoms with Crippen molar-refractivity contribution in [1.29, 1.82) is 0 Å². The molecule has 0 spiro atoms. The van der Waals surface area contributed by atoms with Crippen LogP contribution < -0.4 is 0 Å². The highest BCUT2D eigenvalue weighted by Crippen LogP contribution is 2.43. The van der Waals surface area contributed by atoms with Gasteiger partial charge in [0.25, 0.3) is 0 Å². The van der Waals surface area contributed by atoms with Gasteiger partial charge in [-0.15, -0.1) is 0 Å². The van der Waals surface area contributed by atoms with Gasteiger partial charge >= 0.3 is 0 Å².